The largest absolute Gasteiger partial charge is 1.00 e. The van der Waals surface area contributed by atoms with Crippen LogP contribution in [0.25, 0.3) is 6.08 Å². The van der Waals surface area contributed by atoms with Crippen molar-refractivity contribution in [2.45, 2.75) is 6.92 Å². The van der Waals surface area contributed by atoms with E-state index in [0.29, 0.717) is 0 Å². The Bertz CT molecular complexity index is 496. The normalized spacial score (nSPS) is 9.89. The summed E-state index contributed by atoms with van der Waals surface area (Å²) in [5.41, 5.74) is 1.75. The first-order valence-corrected chi connectivity index (χ1v) is 6.34. The maximum absolute atomic E-state index is 10.3. The van der Waals surface area contributed by atoms with Gasteiger partial charge in [-0.2, -0.15) is 8.42 Å². The summed E-state index contributed by atoms with van der Waals surface area (Å²) in [4.78, 5) is 0. The number of hydrogen-bond donors (Lipinski definition) is 1. The van der Waals surface area contributed by atoms with Gasteiger partial charge in [-0.05, 0) is 18.6 Å². The zero-order valence-corrected chi connectivity index (χ0v) is 13.5. The SMILES string of the molecule is C=CC(=C)C.O=S(=O)(O)C=Cc1ccccc1.[H-].[Na+]. The molecule has 0 atom stereocenters. The van der Waals surface area contributed by atoms with Crippen molar-refractivity contribution >= 4 is 16.2 Å². The molecular weight excluding hydrogens is 259 g/mol. The maximum Gasteiger partial charge on any atom is 1.00 e. The molecule has 0 saturated heterocycles. The summed E-state index contributed by atoms with van der Waals surface area (Å²) in [5.74, 6) is 0. The van der Waals surface area contributed by atoms with Crippen molar-refractivity contribution in [2.24, 2.45) is 0 Å². The van der Waals surface area contributed by atoms with Gasteiger partial charge >= 0.3 is 29.6 Å². The third-order valence-electron chi connectivity index (χ3n) is 1.58. The average molecular weight is 276 g/mol. The quantitative estimate of drug-likeness (QED) is 0.494. The smallest absolute Gasteiger partial charge is 1.00 e. The van der Waals surface area contributed by atoms with E-state index in [9.17, 15) is 8.42 Å². The van der Waals surface area contributed by atoms with Crippen LogP contribution in [-0.4, -0.2) is 13.0 Å². The zero-order valence-electron chi connectivity index (χ0n) is 11.7. The number of benzene rings is 1. The molecule has 0 aromatic heterocycles. The topological polar surface area (TPSA) is 54.4 Å². The molecule has 18 heavy (non-hydrogen) atoms. The van der Waals surface area contributed by atoms with E-state index in [1.165, 1.54) is 6.08 Å². The molecule has 3 nitrogen and oxygen atoms in total. The molecule has 1 aromatic rings. The Morgan fingerprint density at radius 2 is 1.78 bits per heavy atom. The minimum Gasteiger partial charge on any atom is -1.00 e. The van der Waals surface area contributed by atoms with Gasteiger partial charge in [0.05, 0.1) is 5.41 Å². The van der Waals surface area contributed by atoms with Crippen molar-refractivity contribution in [3.05, 3.63) is 66.1 Å². The van der Waals surface area contributed by atoms with E-state index < -0.39 is 10.1 Å². The van der Waals surface area contributed by atoms with Crippen molar-refractivity contribution < 1.29 is 44.0 Å². The molecule has 0 heterocycles. The van der Waals surface area contributed by atoms with Gasteiger partial charge in [0.2, 0.25) is 0 Å². The fraction of sp³-hybridized carbons (Fsp3) is 0.0769. The van der Waals surface area contributed by atoms with Gasteiger partial charge in [0.15, 0.2) is 0 Å². The molecule has 0 spiro atoms. The zero-order chi connectivity index (χ0) is 13.3. The van der Waals surface area contributed by atoms with E-state index in [2.05, 4.69) is 13.2 Å². The molecule has 0 saturated carbocycles. The standard InChI is InChI=1S/C8H8O3S.C5H8.Na.H/c9-12(10,11)7-6-8-4-2-1-3-5-8;1-4-5(2)3;;/h1-7H,(H,9,10,11);4H,1-2H2,3H3;;/q;;+1;-1. The maximum atomic E-state index is 10.3. The van der Waals surface area contributed by atoms with Crippen molar-refractivity contribution in [3.8, 4) is 0 Å². The fourth-order valence-electron chi connectivity index (χ4n) is 0.729. The van der Waals surface area contributed by atoms with E-state index in [1.54, 1.807) is 30.3 Å². The summed E-state index contributed by atoms with van der Waals surface area (Å²) < 4.78 is 28.9. The predicted molar refractivity (Wildman–Crippen MR) is 73.1 cm³/mol. The number of hydrogen-bond acceptors (Lipinski definition) is 2. The van der Waals surface area contributed by atoms with Gasteiger partial charge in [0.25, 0.3) is 10.1 Å². The third kappa shape index (κ3) is 13.4. The van der Waals surface area contributed by atoms with Gasteiger partial charge in [0, 0.05) is 0 Å². The van der Waals surface area contributed by atoms with Gasteiger partial charge < -0.3 is 1.43 Å². The van der Waals surface area contributed by atoms with E-state index in [0.717, 1.165) is 16.5 Å². The molecule has 0 aliphatic carbocycles. The summed E-state index contributed by atoms with van der Waals surface area (Å²) >= 11 is 0. The van der Waals surface area contributed by atoms with Crippen molar-refractivity contribution in [3.63, 3.8) is 0 Å². The van der Waals surface area contributed by atoms with Crippen molar-refractivity contribution in [1.82, 2.24) is 0 Å². The minimum atomic E-state index is -4.00. The van der Waals surface area contributed by atoms with E-state index in [-0.39, 0.29) is 31.0 Å². The first kappa shape index (κ1) is 19.7. The summed E-state index contributed by atoms with van der Waals surface area (Å²) in [6.07, 6.45) is 3.05. The minimum absolute atomic E-state index is 0. The van der Waals surface area contributed by atoms with Gasteiger partial charge in [-0.15, -0.1) is 0 Å². The Kier molecular flexibility index (Phi) is 11.3. The van der Waals surface area contributed by atoms with Gasteiger partial charge in [-0.25, -0.2) is 0 Å². The summed E-state index contributed by atoms with van der Waals surface area (Å²) in [6, 6.07) is 8.86. The fourth-order valence-corrected chi connectivity index (χ4v) is 1.06. The summed E-state index contributed by atoms with van der Waals surface area (Å²) in [5, 5.41) is 0.752. The van der Waals surface area contributed by atoms with Gasteiger partial charge in [0.1, 0.15) is 0 Å². The first-order chi connectivity index (χ1) is 7.85. The molecule has 0 aliphatic rings. The van der Waals surface area contributed by atoms with Crippen LogP contribution in [0.2, 0.25) is 0 Å². The van der Waals surface area contributed by atoms with Crippen molar-refractivity contribution in [1.29, 1.82) is 0 Å². The molecule has 0 amide bonds. The first-order valence-electron chi connectivity index (χ1n) is 4.83. The van der Waals surface area contributed by atoms with Crippen LogP contribution in [0.3, 0.4) is 0 Å². The second-order valence-corrected chi connectivity index (χ2v) is 4.58. The Morgan fingerprint density at radius 3 is 2.11 bits per heavy atom. The van der Waals surface area contributed by atoms with Crippen LogP contribution in [0.1, 0.15) is 13.9 Å². The van der Waals surface area contributed by atoms with Crippen LogP contribution in [-0.2, 0) is 10.1 Å². The van der Waals surface area contributed by atoms with Crippen LogP contribution in [0.15, 0.2) is 60.5 Å². The molecule has 0 bridgehead atoms. The second kappa shape index (κ2) is 10.3. The monoisotopic (exact) mass is 276 g/mol. The van der Waals surface area contributed by atoms with Crippen LogP contribution in [0.5, 0.6) is 0 Å². The molecule has 94 valence electrons. The number of allylic oxidation sites excluding steroid dienone is 2. The molecule has 1 aromatic carbocycles. The molecule has 0 fully saturated rings. The Labute approximate surface area is 132 Å². The van der Waals surface area contributed by atoms with Gasteiger partial charge in [-0.1, -0.05) is 55.1 Å². The van der Waals surface area contributed by atoms with Crippen LogP contribution < -0.4 is 29.6 Å². The molecule has 0 aliphatic heterocycles. The molecule has 1 N–H and O–H groups in total. The summed E-state index contributed by atoms with van der Waals surface area (Å²) in [7, 11) is -4.00. The molecule has 0 unspecified atom stereocenters. The van der Waals surface area contributed by atoms with Crippen LogP contribution >= 0.6 is 0 Å². The Hall–Kier alpha value is -0.650. The third-order valence-corrected chi connectivity index (χ3v) is 2.06. The molecule has 0 radical (unpaired) electrons. The molecular formula is C13H17NaO3S. The molecule has 5 heteroatoms. The van der Waals surface area contributed by atoms with Crippen molar-refractivity contribution in [2.75, 3.05) is 0 Å². The Balaban J connectivity index is -0.000000320. The number of rotatable bonds is 3. The summed E-state index contributed by atoms with van der Waals surface area (Å²) in [6.45, 7) is 8.93. The van der Waals surface area contributed by atoms with E-state index in [1.807, 2.05) is 13.0 Å². The molecule has 1 rings (SSSR count). The predicted octanol–water partition coefficient (Wildman–Crippen LogP) is 0.410. The second-order valence-electron chi connectivity index (χ2n) is 3.28. The van der Waals surface area contributed by atoms with Gasteiger partial charge in [-0.3, -0.25) is 4.55 Å². The van der Waals surface area contributed by atoms with E-state index >= 15 is 0 Å². The van der Waals surface area contributed by atoms with E-state index in [4.69, 9.17) is 4.55 Å². The average Bonchev–Trinajstić information content (AvgIpc) is 2.28. The van der Waals surface area contributed by atoms with Crippen LogP contribution in [0.4, 0.5) is 0 Å². The van der Waals surface area contributed by atoms with Crippen LogP contribution in [0, 0.1) is 0 Å². The Morgan fingerprint density at radius 1 is 1.33 bits per heavy atom.